The summed E-state index contributed by atoms with van der Waals surface area (Å²) in [4.78, 5) is 29.0. The number of rotatable bonds is 5. The third kappa shape index (κ3) is 3.75. The fourth-order valence-corrected chi connectivity index (χ4v) is 5.44. The SMILES string of the molecule is COc1ccc(CCC(=O)N2CCC(N3C(=O)C(O)C34CCCCC4)CC2)cc1. The Labute approximate surface area is 172 Å². The van der Waals surface area contributed by atoms with Crippen LogP contribution in [0.4, 0.5) is 0 Å². The smallest absolute Gasteiger partial charge is 0.254 e. The van der Waals surface area contributed by atoms with Crippen molar-refractivity contribution in [1.29, 1.82) is 0 Å². The lowest BCUT2D eigenvalue weighted by molar-refractivity contribution is -0.201. The summed E-state index contributed by atoms with van der Waals surface area (Å²) in [6, 6.07) is 8.01. The molecule has 1 unspecified atom stereocenters. The van der Waals surface area contributed by atoms with Gasteiger partial charge in [0.2, 0.25) is 5.91 Å². The number of amides is 2. The van der Waals surface area contributed by atoms with E-state index in [1.54, 1.807) is 7.11 Å². The summed E-state index contributed by atoms with van der Waals surface area (Å²) in [6.45, 7) is 1.39. The minimum absolute atomic E-state index is 0.101. The zero-order chi connectivity index (χ0) is 20.4. The molecule has 1 N–H and O–H groups in total. The lowest BCUT2D eigenvalue weighted by Gasteiger charge is -2.61. The second kappa shape index (κ2) is 8.34. The van der Waals surface area contributed by atoms with E-state index in [2.05, 4.69) is 0 Å². The maximum atomic E-state index is 12.6. The third-order valence-electron chi connectivity index (χ3n) is 7.15. The van der Waals surface area contributed by atoms with Crippen molar-refractivity contribution in [1.82, 2.24) is 9.80 Å². The van der Waals surface area contributed by atoms with Gasteiger partial charge in [0.25, 0.3) is 5.91 Å². The van der Waals surface area contributed by atoms with Crippen LogP contribution in [0.1, 0.15) is 56.9 Å². The molecule has 2 amide bonds. The molecule has 1 aromatic rings. The first kappa shape index (κ1) is 20.2. The van der Waals surface area contributed by atoms with Gasteiger partial charge in [0.1, 0.15) is 5.75 Å². The number of carbonyl (C=O) groups is 2. The van der Waals surface area contributed by atoms with Gasteiger partial charge in [0, 0.05) is 25.6 Å². The molecule has 1 atom stereocenters. The van der Waals surface area contributed by atoms with E-state index in [-0.39, 0.29) is 23.4 Å². The lowest BCUT2D eigenvalue weighted by atomic mass is 9.68. The number of aliphatic hydroxyl groups is 1. The zero-order valence-electron chi connectivity index (χ0n) is 17.3. The average molecular weight is 401 g/mol. The van der Waals surface area contributed by atoms with Crippen molar-refractivity contribution in [2.24, 2.45) is 0 Å². The summed E-state index contributed by atoms with van der Waals surface area (Å²) in [7, 11) is 1.65. The van der Waals surface area contributed by atoms with E-state index in [1.807, 2.05) is 34.1 Å². The molecular formula is C23H32N2O4. The molecule has 4 rings (SSSR count). The van der Waals surface area contributed by atoms with Crippen molar-refractivity contribution >= 4 is 11.8 Å². The van der Waals surface area contributed by atoms with Gasteiger partial charge < -0.3 is 19.6 Å². The molecule has 2 aliphatic heterocycles. The van der Waals surface area contributed by atoms with Crippen LogP contribution in [0.3, 0.4) is 0 Å². The first-order valence-electron chi connectivity index (χ1n) is 11.0. The van der Waals surface area contributed by atoms with Crippen LogP contribution < -0.4 is 4.74 Å². The highest BCUT2D eigenvalue weighted by molar-refractivity contribution is 5.90. The van der Waals surface area contributed by atoms with Gasteiger partial charge in [0.05, 0.1) is 12.6 Å². The Morgan fingerprint density at radius 3 is 2.41 bits per heavy atom. The van der Waals surface area contributed by atoms with Gasteiger partial charge in [-0.2, -0.15) is 0 Å². The molecule has 6 heteroatoms. The molecule has 0 radical (unpaired) electrons. The topological polar surface area (TPSA) is 70.1 Å². The normalized spacial score (nSPS) is 24.5. The molecule has 1 aliphatic carbocycles. The van der Waals surface area contributed by atoms with Crippen molar-refractivity contribution in [2.75, 3.05) is 20.2 Å². The van der Waals surface area contributed by atoms with Crippen LogP contribution in [0, 0.1) is 0 Å². The molecule has 3 aliphatic rings. The molecule has 2 saturated heterocycles. The first-order chi connectivity index (χ1) is 14.0. The van der Waals surface area contributed by atoms with Crippen LogP contribution in [0.2, 0.25) is 0 Å². The van der Waals surface area contributed by atoms with E-state index >= 15 is 0 Å². The van der Waals surface area contributed by atoms with E-state index in [4.69, 9.17) is 4.74 Å². The van der Waals surface area contributed by atoms with Gasteiger partial charge in [-0.3, -0.25) is 9.59 Å². The molecule has 3 fully saturated rings. The Balaban J connectivity index is 1.28. The van der Waals surface area contributed by atoms with Crippen molar-refractivity contribution < 1.29 is 19.4 Å². The van der Waals surface area contributed by atoms with Crippen molar-refractivity contribution in [2.45, 2.75) is 75.5 Å². The summed E-state index contributed by atoms with van der Waals surface area (Å²) >= 11 is 0. The number of likely N-dealkylation sites (tertiary alicyclic amines) is 2. The Bertz CT molecular complexity index is 734. The van der Waals surface area contributed by atoms with Gasteiger partial charge in [-0.05, 0) is 49.8 Å². The standard InChI is InChI=1S/C23H32N2O4/c1-29-19-8-5-17(6-9-19)7-10-20(26)24-15-11-18(12-16-24)25-22(28)21(27)23(25)13-3-2-4-14-23/h5-6,8-9,18,21,27H,2-4,7,10-16H2,1H3. The number of carbonyl (C=O) groups excluding carboxylic acids is 2. The summed E-state index contributed by atoms with van der Waals surface area (Å²) in [6.07, 6.45) is 7.24. The Kier molecular flexibility index (Phi) is 5.81. The van der Waals surface area contributed by atoms with Crippen molar-refractivity contribution in [3.05, 3.63) is 29.8 Å². The molecule has 1 saturated carbocycles. The van der Waals surface area contributed by atoms with E-state index < -0.39 is 6.10 Å². The van der Waals surface area contributed by atoms with E-state index in [0.29, 0.717) is 19.5 Å². The van der Waals surface area contributed by atoms with E-state index in [1.165, 1.54) is 6.42 Å². The Hall–Kier alpha value is -2.08. The van der Waals surface area contributed by atoms with Crippen LogP contribution in [0.25, 0.3) is 0 Å². The highest BCUT2D eigenvalue weighted by Gasteiger charge is 2.61. The quantitative estimate of drug-likeness (QED) is 0.771. The summed E-state index contributed by atoms with van der Waals surface area (Å²) in [5.74, 6) is 0.904. The minimum Gasteiger partial charge on any atom is -0.497 e. The maximum absolute atomic E-state index is 12.6. The van der Waals surface area contributed by atoms with E-state index in [9.17, 15) is 14.7 Å². The van der Waals surface area contributed by atoms with Crippen LogP contribution in [0.5, 0.6) is 5.75 Å². The van der Waals surface area contributed by atoms with Crippen LogP contribution in [-0.2, 0) is 16.0 Å². The van der Waals surface area contributed by atoms with Gasteiger partial charge in [-0.25, -0.2) is 0 Å². The molecule has 1 aromatic carbocycles. The summed E-state index contributed by atoms with van der Waals surface area (Å²) in [5, 5.41) is 10.4. The minimum atomic E-state index is -0.813. The monoisotopic (exact) mass is 400 g/mol. The number of aryl methyl sites for hydroxylation is 1. The van der Waals surface area contributed by atoms with E-state index in [0.717, 1.165) is 56.3 Å². The molecule has 2 heterocycles. The average Bonchev–Trinajstić information content (AvgIpc) is 2.78. The zero-order valence-corrected chi connectivity index (χ0v) is 17.3. The largest absolute Gasteiger partial charge is 0.497 e. The Morgan fingerprint density at radius 1 is 1.14 bits per heavy atom. The number of ether oxygens (including phenoxy) is 1. The highest BCUT2D eigenvalue weighted by Crippen LogP contribution is 2.46. The van der Waals surface area contributed by atoms with Crippen LogP contribution in [-0.4, -0.2) is 64.6 Å². The molecular weight excluding hydrogens is 368 g/mol. The van der Waals surface area contributed by atoms with Gasteiger partial charge in [-0.15, -0.1) is 0 Å². The summed E-state index contributed by atoms with van der Waals surface area (Å²) in [5.41, 5.74) is 0.814. The molecule has 6 nitrogen and oxygen atoms in total. The molecule has 0 bridgehead atoms. The predicted octanol–water partition coefficient (Wildman–Crippen LogP) is 2.52. The fraction of sp³-hybridized carbons (Fsp3) is 0.652. The number of methoxy groups -OCH3 is 1. The molecule has 1 spiro atoms. The summed E-state index contributed by atoms with van der Waals surface area (Å²) < 4.78 is 5.17. The third-order valence-corrected chi connectivity index (χ3v) is 7.15. The molecule has 29 heavy (non-hydrogen) atoms. The van der Waals surface area contributed by atoms with Gasteiger partial charge in [-0.1, -0.05) is 31.4 Å². The number of nitrogens with zero attached hydrogens (tertiary/aromatic N) is 2. The number of benzene rings is 1. The Morgan fingerprint density at radius 2 is 1.79 bits per heavy atom. The number of piperidine rings is 1. The highest BCUT2D eigenvalue weighted by atomic mass is 16.5. The number of hydrogen-bond acceptors (Lipinski definition) is 4. The van der Waals surface area contributed by atoms with Crippen LogP contribution in [0.15, 0.2) is 24.3 Å². The van der Waals surface area contributed by atoms with Gasteiger partial charge in [0.15, 0.2) is 6.10 Å². The van der Waals surface area contributed by atoms with Crippen molar-refractivity contribution in [3.8, 4) is 5.75 Å². The number of hydrogen-bond donors (Lipinski definition) is 1. The van der Waals surface area contributed by atoms with Crippen molar-refractivity contribution in [3.63, 3.8) is 0 Å². The number of β-lactam (4-membered cyclic amide) rings is 1. The van der Waals surface area contributed by atoms with Gasteiger partial charge >= 0.3 is 0 Å². The van der Waals surface area contributed by atoms with Crippen LogP contribution >= 0.6 is 0 Å². The second-order valence-electron chi connectivity index (χ2n) is 8.74. The number of aliphatic hydroxyl groups excluding tert-OH is 1. The lowest BCUT2D eigenvalue weighted by Crippen LogP contribution is -2.77. The second-order valence-corrected chi connectivity index (χ2v) is 8.74. The fourth-order valence-electron chi connectivity index (χ4n) is 5.44. The maximum Gasteiger partial charge on any atom is 0.254 e. The molecule has 158 valence electrons. The predicted molar refractivity (Wildman–Crippen MR) is 110 cm³/mol. The molecule has 0 aromatic heterocycles. The first-order valence-corrected chi connectivity index (χ1v) is 11.0.